The van der Waals surface area contributed by atoms with Crippen LogP contribution in [0.1, 0.15) is 6.92 Å². The van der Waals surface area contributed by atoms with Crippen LogP contribution >= 0.6 is 27.5 Å². The van der Waals surface area contributed by atoms with Crippen molar-refractivity contribution < 1.29 is 14.3 Å². The maximum Gasteiger partial charge on any atom is 0.263 e. The molecule has 0 aliphatic carbocycles. The number of benzene rings is 1. The van der Waals surface area contributed by atoms with E-state index in [2.05, 4.69) is 15.9 Å². The van der Waals surface area contributed by atoms with Gasteiger partial charge in [-0.25, -0.2) is 0 Å². The summed E-state index contributed by atoms with van der Waals surface area (Å²) in [5.74, 6) is -0.408. The molecular weight excluding hydrogens is 336 g/mol. The molecule has 7 heteroatoms. The molecule has 1 atom stereocenters. The lowest BCUT2D eigenvalue weighted by Gasteiger charge is -2.21. The molecule has 0 bridgehead atoms. The van der Waals surface area contributed by atoms with Crippen LogP contribution in [-0.2, 0) is 9.59 Å². The summed E-state index contributed by atoms with van der Waals surface area (Å²) in [6.07, 6.45) is -0.734. The maximum absolute atomic E-state index is 11.9. The molecule has 2 N–H and O–H groups in total. The maximum atomic E-state index is 11.9. The van der Waals surface area contributed by atoms with E-state index in [4.69, 9.17) is 22.1 Å². The third-order valence-corrected chi connectivity index (χ3v) is 3.17. The van der Waals surface area contributed by atoms with E-state index in [-0.39, 0.29) is 12.5 Å². The lowest BCUT2D eigenvalue weighted by Crippen LogP contribution is -2.42. The molecule has 0 saturated heterocycles. The van der Waals surface area contributed by atoms with Crippen molar-refractivity contribution in [1.29, 1.82) is 0 Å². The monoisotopic (exact) mass is 348 g/mol. The highest BCUT2D eigenvalue weighted by atomic mass is 79.9. The second-order valence-electron chi connectivity index (χ2n) is 4.00. The Bertz CT molecular complexity index is 496. The number of hydrogen-bond donors (Lipinski definition) is 1. The van der Waals surface area contributed by atoms with Gasteiger partial charge < -0.3 is 15.4 Å². The smallest absolute Gasteiger partial charge is 0.263 e. The van der Waals surface area contributed by atoms with Crippen LogP contribution in [0, 0.1) is 0 Å². The second-order valence-corrected chi connectivity index (χ2v) is 5.29. The van der Waals surface area contributed by atoms with Crippen molar-refractivity contribution in [3.05, 3.63) is 27.7 Å². The number of halogens is 2. The summed E-state index contributed by atoms with van der Waals surface area (Å²) in [7, 11) is 1.49. The Kier molecular flexibility index (Phi) is 5.62. The van der Waals surface area contributed by atoms with Gasteiger partial charge >= 0.3 is 0 Å². The molecule has 0 spiro atoms. The van der Waals surface area contributed by atoms with E-state index in [0.29, 0.717) is 15.2 Å². The Labute approximate surface area is 124 Å². The Morgan fingerprint density at radius 2 is 2.16 bits per heavy atom. The van der Waals surface area contributed by atoms with Gasteiger partial charge in [0.05, 0.1) is 11.0 Å². The van der Waals surface area contributed by atoms with Crippen molar-refractivity contribution in [3.8, 4) is 5.75 Å². The number of likely N-dealkylation sites (N-methyl/N-ethyl adjacent to an activating group) is 1. The zero-order chi connectivity index (χ0) is 14.6. The van der Waals surface area contributed by atoms with Gasteiger partial charge in [-0.3, -0.25) is 9.59 Å². The number of hydrogen-bond acceptors (Lipinski definition) is 3. The van der Waals surface area contributed by atoms with Crippen molar-refractivity contribution in [1.82, 2.24) is 4.90 Å². The standard InChI is InChI=1S/C12H14BrClN2O3/c1-7(12(18)16(2)6-11(15)17)19-10-4-3-8(14)5-9(10)13/h3-5,7H,6H2,1-2H3,(H2,15,17)/t7-/m1/s1. The Morgan fingerprint density at radius 3 is 2.68 bits per heavy atom. The molecule has 0 aliphatic heterocycles. The minimum Gasteiger partial charge on any atom is -0.480 e. The number of carbonyl (C=O) groups excluding carboxylic acids is 2. The number of ether oxygens (including phenoxy) is 1. The van der Waals surface area contributed by atoms with Crippen molar-refractivity contribution >= 4 is 39.3 Å². The van der Waals surface area contributed by atoms with Crippen LogP contribution in [-0.4, -0.2) is 36.4 Å². The van der Waals surface area contributed by atoms with E-state index in [1.807, 2.05) is 0 Å². The minimum atomic E-state index is -0.734. The highest BCUT2D eigenvalue weighted by Gasteiger charge is 2.21. The summed E-state index contributed by atoms with van der Waals surface area (Å²) in [6, 6.07) is 4.98. The van der Waals surface area contributed by atoms with E-state index >= 15 is 0 Å². The molecule has 0 aliphatic rings. The predicted molar refractivity (Wildman–Crippen MR) is 76.1 cm³/mol. The SMILES string of the molecule is C[C@@H](Oc1ccc(Cl)cc1Br)C(=O)N(C)CC(N)=O. The van der Waals surface area contributed by atoms with Crippen molar-refractivity contribution in [3.63, 3.8) is 0 Å². The minimum absolute atomic E-state index is 0.145. The zero-order valence-corrected chi connectivity index (χ0v) is 12.9. The number of primary amides is 1. The van der Waals surface area contributed by atoms with Gasteiger partial charge in [0.15, 0.2) is 6.10 Å². The van der Waals surface area contributed by atoms with Crippen LogP contribution in [0.25, 0.3) is 0 Å². The first-order chi connectivity index (χ1) is 8.81. The fourth-order valence-electron chi connectivity index (χ4n) is 1.43. The van der Waals surface area contributed by atoms with Crippen LogP contribution < -0.4 is 10.5 Å². The van der Waals surface area contributed by atoms with E-state index in [1.165, 1.54) is 11.9 Å². The van der Waals surface area contributed by atoms with Crippen LogP contribution in [0.3, 0.4) is 0 Å². The zero-order valence-electron chi connectivity index (χ0n) is 10.5. The molecule has 0 aromatic heterocycles. The van der Waals surface area contributed by atoms with E-state index in [0.717, 1.165) is 0 Å². The van der Waals surface area contributed by atoms with Crippen molar-refractivity contribution in [2.45, 2.75) is 13.0 Å². The van der Waals surface area contributed by atoms with Gasteiger partial charge in [0, 0.05) is 12.1 Å². The van der Waals surface area contributed by atoms with Crippen LogP contribution in [0.15, 0.2) is 22.7 Å². The highest BCUT2D eigenvalue weighted by Crippen LogP contribution is 2.28. The third-order valence-electron chi connectivity index (χ3n) is 2.31. The normalized spacial score (nSPS) is 11.8. The van der Waals surface area contributed by atoms with Crippen LogP contribution in [0.5, 0.6) is 5.75 Å². The topological polar surface area (TPSA) is 72.6 Å². The lowest BCUT2D eigenvalue weighted by molar-refractivity contribution is -0.139. The van der Waals surface area contributed by atoms with Gasteiger partial charge in [0.2, 0.25) is 5.91 Å². The molecule has 1 aromatic rings. The molecule has 1 rings (SSSR count). The van der Waals surface area contributed by atoms with Gasteiger partial charge in [-0.05, 0) is 41.1 Å². The van der Waals surface area contributed by atoms with E-state index in [1.54, 1.807) is 25.1 Å². The van der Waals surface area contributed by atoms with E-state index in [9.17, 15) is 9.59 Å². The fraction of sp³-hybridized carbons (Fsp3) is 0.333. The summed E-state index contributed by atoms with van der Waals surface area (Å²) in [5.41, 5.74) is 5.03. The summed E-state index contributed by atoms with van der Waals surface area (Å²) < 4.78 is 6.17. The summed E-state index contributed by atoms with van der Waals surface area (Å²) in [6.45, 7) is 1.45. The van der Waals surface area contributed by atoms with Gasteiger partial charge in [0.1, 0.15) is 5.75 Å². The Hall–Kier alpha value is -1.27. The average Bonchev–Trinajstić information content (AvgIpc) is 2.30. The first-order valence-corrected chi connectivity index (χ1v) is 6.63. The quantitative estimate of drug-likeness (QED) is 0.881. The molecule has 19 heavy (non-hydrogen) atoms. The molecule has 0 radical (unpaired) electrons. The Balaban J connectivity index is 2.70. The molecule has 2 amide bonds. The largest absolute Gasteiger partial charge is 0.480 e. The molecule has 0 unspecified atom stereocenters. The third kappa shape index (κ3) is 4.72. The first-order valence-electron chi connectivity index (χ1n) is 5.46. The van der Waals surface area contributed by atoms with Gasteiger partial charge in [0.25, 0.3) is 5.91 Å². The predicted octanol–water partition coefficient (Wildman–Crippen LogP) is 1.81. The van der Waals surface area contributed by atoms with Crippen LogP contribution in [0.4, 0.5) is 0 Å². The Morgan fingerprint density at radius 1 is 1.53 bits per heavy atom. The molecule has 5 nitrogen and oxygen atoms in total. The number of carbonyl (C=O) groups is 2. The van der Waals surface area contributed by atoms with Crippen LogP contribution in [0.2, 0.25) is 5.02 Å². The molecule has 0 heterocycles. The molecule has 1 aromatic carbocycles. The summed E-state index contributed by atoms with van der Waals surface area (Å²) >= 11 is 9.11. The molecule has 104 valence electrons. The summed E-state index contributed by atoms with van der Waals surface area (Å²) in [5, 5.41) is 0.559. The average molecular weight is 350 g/mol. The highest BCUT2D eigenvalue weighted by molar-refractivity contribution is 9.10. The van der Waals surface area contributed by atoms with Gasteiger partial charge in [-0.1, -0.05) is 11.6 Å². The van der Waals surface area contributed by atoms with Crippen molar-refractivity contribution in [2.75, 3.05) is 13.6 Å². The number of amides is 2. The second kappa shape index (κ2) is 6.77. The molecule has 0 saturated carbocycles. The first kappa shape index (κ1) is 15.8. The number of rotatable bonds is 5. The fourth-order valence-corrected chi connectivity index (χ4v) is 2.21. The lowest BCUT2D eigenvalue weighted by atomic mass is 10.3. The molecule has 0 fully saturated rings. The van der Waals surface area contributed by atoms with Crippen molar-refractivity contribution in [2.24, 2.45) is 5.73 Å². The van der Waals surface area contributed by atoms with Gasteiger partial charge in [-0.15, -0.1) is 0 Å². The number of nitrogens with zero attached hydrogens (tertiary/aromatic N) is 1. The number of nitrogens with two attached hydrogens (primary N) is 1. The molecular formula is C12H14BrClN2O3. The summed E-state index contributed by atoms with van der Waals surface area (Å²) in [4.78, 5) is 23.9. The van der Waals surface area contributed by atoms with Gasteiger partial charge in [-0.2, -0.15) is 0 Å². The van der Waals surface area contributed by atoms with E-state index < -0.39 is 12.0 Å².